The summed E-state index contributed by atoms with van der Waals surface area (Å²) in [6.45, 7) is 2.81. The third-order valence-electron chi connectivity index (χ3n) is 7.06. The number of hydrogen-bond donors (Lipinski definition) is 1. The van der Waals surface area contributed by atoms with E-state index in [0.717, 1.165) is 47.7 Å². The second-order valence-electron chi connectivity index (χ2n) is 9.13. The van der Waals surface area contributed by atoms with Crippen LogP contribution in [0.5, 0.6) is 0 Å². The van der Waals surface area contributed by atoms with E-state index in [9.17, 15) is 4.79 Å². The Morgan fingerprint density at radius 3 is 2.33 bits per heavy atom. The molecule has 1 heterocycles. The Kier molecular flexibility index (Phi) is 4.10. The van der Waals surface area contributed by atoms with Crippen LogP contribution in [0.4, 0.5) is 0 Å². The Labute approximate surface area is 161 Å². The Hall–Kier alpha value is -2.10. The minimum atomic E-state index is 0.0461. The molecule has 0 spiro atoms. The molecule has 1 N–H and O–H groups in total. The summed E-state index contributed by atoms with van der Waals surface area (Å²) < 4.78 is 1.93. The Morgan fingerprint density at radius 2 is 1.74 bits per heavy atom. The molecule has 4 aliphatic rings. The fourth-order valence-electron chi connectivity index (χ4n) is 6.38. The van der Waals surface area contributed by atoms with Crippen LogP contribution in [0.2, 0.25) is 0 Å². The summed E-state index contributed by atoms with van der Waals surface area (Å²) in [5, 5.41) is 8.15. The van der Waals surface area contributed by atoms with Gasteiger partial charge in [0.2, 0.25) is 0 Å². The first-order chi connectivity index (χ1) is 13.2. The van der Waals surface area contributed by atoms with E-state index >= 15 is 0 Å². The van der Waals surface area contributed by atoms with Gasteiger partial charge < -0.3 is 5.32 Å². The second kappa shape index (κ2) is 6.50. The van der Waals surface area contributed by atoms with Crippen molar-refractivity contribution >= 4 is 5.91 Å². The SMILES string of the molecule is CCCNC(=O)c1cn(-c2ccccc2)nc1C12CC3CC(CC(C3)C1)C2. The highest BCUT2D eigenvalue weighted by molar-refractivity contribution is 5.95. The van der Waals surface area contributed by atoms with E-state index in [1.807, 2.05) is 29.1 Å². The quantitative estimate of drug-likeness (QED) is 0.851. The van der Waals surface area contributed by atoms with Crippen molar-refractivity contribution in [3.8, 4) is 5.69 Å². The molecule has 1 aromatic heterocycles. The third-order valence-corrected chi connectivity index (χ3v) is 7.06. The van der Waals surface area contributed by atoms with Crippen molar-refractivity contribution in [2.45, 2.75) is 57.3 Å². The van der Waals surface area contributed by atoms with Gasteiger partial charge in [0, 0.05) is 18.2 Å². The molecule has 4 heteroatoms. The summed E-state index contributed by atoms with van der Waals surface area (Å²) in [7, 11) is 0. The largest absolute Gasteiger partial charge is 0.352 e. The number of para-hydroxylation sites is 1. The zero-order valence-electron chi connectivity index (χ0n) is 16.2. The van der Waals surface area contributed by atoms with Crippen molar-refractivity contribution < 1.29 is 4.79 Å². The van der Waals surface area contributed by atoms with E-state index in [1.165, 1.54) is 38.5 Å². The molecular weight excluding hydrogens is 334 g/mol. The lowest BCUT2D eigenvalue weighted by Gasteiger charge is -2.56. The molecule has 0 saturated heterocycles. The van der Waals surface area contributed by atoms with Crippen molar-refractivity contribution in [2.24, 2.45) is 17.8 Å². The average Bonchev–Trinajstić information content (AvgIpc) is 3.12. The molecule has 0 atom stereocenters. The number of nitrogens with zero attached hydrogens (tertiary/aromatic N) is 2. The highest BCUT2D eigenvalue weighted by Gasteiger charge is 2.53. The van der Waals surface area contributed by atoms with E-state index in [0.29, 0.717) is 0 Å². The molecule has 4 nitrogen and oxygen atoms in total. The van der Waals surface area contributed by atoms with Crippen molar-refractivity contribution in [2.75, 3.05) is 6.54 Å². The Balaban J connectivity index is 1.58. The number of carbonyl (C=O) groups is 1. The maximum absolute atomic E-state index is 13.0. The lowest BCUT2D eigenvalue weighted by Crippen LogP contribution is -2.49. The second-order valence-corrected chi connectivity index (χ2v) is 9.13. The third kappa shape index (κ3) is 2.90. The van der Waals surface area contributed by atoms with E-state index in [1.54, 1.807) is 0 Å². The highest BCUT2D eigenvalue weighted by Crippen LogP contribution is 2.60. The van der Waals surface area contributed by atoms with Gasteiger partial charge in [-0.15, -0.1) is 0 Å². The molecule has 27 heavy (non-hydrogen) atoms. The number of nitrogens with one attached hydrogen (secondary N) is 1. The summed E-state index contributed by atoms with van der Waals surface area (Å²) in [5.74, 6) is 2.56. The summed E-state index contributed by atoms with van der Waals surface area (Å²) in [6, 6.07) is 10.2. The number of carbonyl (C=O) groups excluding carboxylic acids is 1. The lowest BCUT2D eigenvalue weighted by atomic mass is 9.48. The zero-order valence-corrected chi connectivity index (χ0v) is 16.2. The molecule has 1 amide bonds. The van der Waals surface area contributed by atoms with Crippen molar-refractivity contribution in [3.05, 3.63) is 47.8 Å². The smallest absolute Gasteiger partial charge is 0.254 e. The summed E-state index contributed by atoms with van der Waals surface area (Å²) >= 11 is 0. The molecule has 4 saturated carbocycles. The molecule has 0 radical (unpaired) electrons. The fraction of sp³-hybridized carbons (Fsp3) is 0.565. The van der Waals surface area contributed by atoms with Gasteiger partial charge in [-0.3, -0.25) is 4.79 Å². The average molecular weight is 364 g/mol. The van der Waals surface area contributed by atoms with Crippen LogP contribution in [0.3, 0.4) is 0 Å². The molecule has 0 unspecified atom stereocenters. The molecule has 2 aromatic rings. The number of aromatic nitrogens is 2. The van der Waals surface area contributed by atoms with Gasteiger partial charge in [0.15, 0.2) is 0 Å². The van der Waals surface area contributed by atoms with Crippen molar-refractivity contribution in [3.63, 3.8) is 0 Å². The molecule has 6 rings (SSSR count). The Morgan fingerprint density at radius 1 is 1.11 bits per heavy atom. The van der Waals surface area contributed by atoms with E-state index in [-0.39, 0.29) is 11.3 Å². The van der Waals surface area contributed by atoms with Crippen molar-refractivity contribution in [1.82, 2.24) is 15.1 Å². The van der Waals surface area contributed by atoms with Crippen LogP contribution in [0.25, 0.3) is 5.69 Å². The van der Waals surface area contributed by atoms with Gasteiger partial charge in [0.25, 0.3) is 5.91 Å². The van der Waals surface area contributed by atoms with E-state index in [4.69, 9.17) is 5.10 Å². The van der Waals surface area contributed by atoms with Gasteiger partial charge >= 0.3 is 0 Å². The van der Waals surface area contributed by atoms with Gasteiger partial charge in [-0.25, -0.2) is 4.68 Å². The Bertz CT molecular complexity index is 803. The van der Waals surface area contributed by atoms with E-state index in [2.05, 4.69) is 24.4 Å². The topological polar surface area (TPSA) is 46.9 Å². The summed E-state index contributed by atoms with van der Waals surface area (Å²) in [4.78, 5) is 13.0. The normalized spacial score (nSPS) is 31.2. The lowest BCUT2D eigenvalue weighted by molar-refractivity contribution is -0.00770. The summed E-state index contributed by atoms with van der Waals surface area (Å²) in [6.07, 6.45) is 10.8. The fourth-order valence-corrected chi connectivity index (χ4v) is 6.38. The predicted molar refractivity (Wildman–Crippen MR) is 106 cm³/mol. The van der Waals surface area contributed by atoms with Crippen LogP contribution in [-0.2, 0) is 5.41 Å². The number of rotatable bonds is 5. The predicted octanol–water partition coefficient (Wildman–Crippen LogP) is 4.48. The van der Waals surface area contributed by atoms with Gasteiger partial charge in [-0.2, -0.15) is 5.10 Å². The minimum Gasteiger partial charge on any atom is -0.352 e. The zero-order chi connectivity index (χ0) is 18.4. The number of benzene rings is 1. The highest BCUT2D eigenvalue weighted by atomic mass is 16.1. The molecular formula is C23H29N3O. The molecule has 4 bridgehead atoms. The van der Waals surface area contributed by atoms with Gasteiger partial charge in [-0.1, -0.05) is 25.1 Å². The van der Waals surface area contributed by atoms with Gasteiger partial charge in [-0.05, 0) is 74.8 Å². The monoisotopic (exact) mass is 363 g/mol. The maximum Gasteiger partial charge on any atom is 0.254 e. The molecule has 1 aromatic carbocycles. The minimum absolute atomic E-state index is 0.0461. The summed E-state index contributed by atoms with van der Waals surface area (Å²) in [5.41, 5.74) is 3.01. The molecule has 142 valence electrons. The molecule has 4 aliphatic carbocycles. The van der Waals surface area contributed by atoms with E-state index < -0.39 is 0 Å². The first kappa shape index (κ1) is 17.0. The van der Waals surface area contributed by atoms with Gasteiger partial charge in [0.05, 0.1) is 16.9 Å². The maximum atomic E-state index is 13.0. The van der Waals surface area contributed by atoms with Gasteiger partial charge in [0.1, 0.15) is 0 Å². The number of amides is 1. The first-order valence-electron chi connectivity index (χ1n) is 10.6. The number of hydrogen-bond acceptors (Lipinski definition) is 2. The molecule has 0 aliphatic heterocycles. The van der Waals surface area contributed by atoms with Crippen LogP contribution in [0.15, 0.2) is 36.5 Å². The van der Waals surface area contributed by atoms with Crippen LogP contribution >= 0.6 is 0 Å². The van der Waals surface area contributed by atoms with Crippen LogP contribution in [0, 0.1) is 17.8 Å². The standard InChI is InChI=1S/C23H29N3O/c1-2-8-24-22(27)20-15-26(19-6-4-3-5-7-19)25-21(20)23-12-16-9-17(13-23)11-18(10-16)14-23/h3-7,15-18H,2,8-14H2,1H3,(H,24,27). The van der Waals surface area contributed by atoms with Crippen LogP contribution < -0.4 is 5.32 Å². The molecule has 4 fully saturated rings. The van der Waals surface area contributed by atoms with Crippen LogP contribution in [-0.4, -0.2) is 22.2 Å². The first-order valence-corrected chi connectivity index (χ1v) is 10.6. The van der Waals surface area contributed by atoms with Crippen molar-refractivity contribution in [1.29, 1.82) is 0 Å². The van der Waals surface area contributed by atoms with Crippen LogP contribution in [0.1, 0.15) is 67.9 Å².